The van der Waals surface area contributed by atoms with E-state index >= 15 is 0 Å². The van der Waals surface area contributed by atoms with Gasteiger partial charge in [0.25, 0.3) is 0 Å². The van der Waals surface area contributed by atoms with Crippen LogP contribution in [0.15, 0.2) is 54.6 Å². The van der Waals surface area contributed by atoms with Crippen molar-refractivity contribution in [3.63, 3.8) is 0 Å². The van der Waals surface area contributed by atoms with E-state index in [0.29, 0.717) is 23.7 Å². The van der Waals surface area contributed by atoms with Crippen molar-refractivity contribution in [3.05, 3.63) is 70.7 Å². The molecule has 0 bridgehead atoms. The molecule has 0 saturated carbocycles. The minimum absolute atomic E-state index is 0.0258. The van der Waals surface area contributed by atoms with Gasteiger partial charge in [-0.05, 0) is 34.7 Å². The standard InChI is InChI=1S/C28H30ClIN2O2/c1-5-25(33)31-23-15-24(28(2,3)4)34-27-22(23)14-21(17-10-12-19(29)13-11-17)26(32-27)20-9-7-6-8-18(20)16-30/h6-14,23-24H,5,15-16H2,1-4H3,(H,31,33). The third kappa shape index (κ3) is 5.25. The van der Waals surface area contributed by atoms with Crippen LogP contribution in [-0.2, 0) is 9.22 Å². The molecular formula is C28H30ClIN2O2. The summed E-state index contributed by atoms with van der Waals surface area (Å²) in [6, 6.07) is 18.2. The predicted molar refractivity (Wildman–Crippen MR) is 148 cm³/mol. The Balaban J connectivity index is 1.95. The van der Waals surface area contributed by atoms with Crippen LogP contribution in [0.2, 0.25) is 5.02 Å². The maximum atomic E-state index is 12.4. The van der Waals surface area contributed by atoms with Gasteiger partial charge in [-0.2, -0.15) is 0 Å². The van der Waals surface area contributed by atoms with Gasteiger partial charge in [-0.25, -0.2) is 4.98 Å². The highest BCUT2D eigenvalue weighted by molar-refractivity contribution is 14.1. The zero-order valence-corrected chi connectivity index (χ0v) is 22.9. The molecule has 0 aliphatic carbocycles. The summed E-state index contributed by atoms with van der Waals surface area (Å²) in [6.07, 6.45) is 1.07. The zero-order valence-electron chi connectivity index (χ0n) is 20.0. The van der Waals surface area contributed by atoms with Crippen LogP contribution in [0.4, 0.5) is 0 Å². The number of nitrogens with one attached hydrogen (secondary N) is 1. The number of nitrogens with zero attached hydrogens (tertiary/aromatic N) is 1. The number of fused-ring (bicyclic) bond motifs is 1. The van der Waals surface area contributed by atoms with E-state index in [0.717, 1.165) is 32.4 Å². The molecule has 1 aliphatic rings. The minimum atomic E-state index is -0.159. The second-order valence-electron chi connectivity index (χ2n) is 9.76. The Labute approximate surface area is 220 Å². The molecule has 1 aromatic heterocycles. The van der Waals surface area contributed by atoms with Crippen LogP contribution in [0.1, 0.15) is 57.7 Å². The van der Waals surface area contributed by atoms with Gasteiger partial charge >= 0.3 is 0 Å². The first-order chi connectivity index (χ1) is 16.2. The van der Waals surface area contributed by atoms with Crippen molar-refractivity contribution in [3.8, 4) is 28.3 Å². The fourth-order valence-electron chi connectivity index (χ4n) is 4.27. The van der Waals surface area contributed by atoms with Crippen LogP contribution in [0, 0.1) is 5.41 Å². The SMILES string of the molecule is CCC(=O)NC1CC(C(C)(C)C)Oc2nc(-c3ccccc3CI)c(-c3ccc(Cl)cc3)cc21. The summed E-state index contributed by atoms with van der Waals surface area (Å²) in [5.41, 5.74) is 6.03. The molecular weight excluding hydrogens is 559 g/mol. The van der Waals surface area contributed by atoms with Gasteiger partial charge in [0, 0.05) is 39.0 Å². The normalized spacial score (nSPS) is 17.6. The Morgan fingerprint density at radius 1 is 1.15 bits per heavy atom. The summed E-state index contributed by atoms with van der Waals surface area (Å²) in [4.78, 5) is 17.6. The van der Waals surface area contributed by atoms with Crippen LogP contribution in [-0.4, -0.2) is 17.0 Å². The molecule has 6 heteroatoms. The maximum absolute atomic E-state index is 12.4. The molecule has 0 spiro atoms. The summed E-state index contributed by atoms with van der Waals surface area (Å²) in [5.74, 6) is 0.626. The number of halogens is 2. The summed E-state index contributed by atoms with van der Waals surface area (Å²) in [5, 5.41) is 3.90. The molecule has 0 saturated heterocycles. The highest BCUT2D eigenvalue weighted by atomic mass is 127. The Bertz CT molecular complexity index is 1190. The van der Waals surface area contributed by atoms with Crippen molar-refractivity contribution >= 4 is 40.1 Å². The molecule has 1 aliphatic heterocycles. The quantitative estimate of drug-likeness (QED) is 0.245. The number of hydrogen-bond acceptors (Lipinski definition) is 3. The molecule has 3 aromatic rings. The smallest absolute Gasteiger partial charge is 0.220 e. The van der Waals surface area contributed by atoms with Gasteiger partial charge in [0.15, 0.2) is 0 Å². The van der Waals surface area contributed by atoms with Gasteiger partial charge in [0.2, 0.25) is 11.8 Å². The van der Waals surface area contributed by atoms with Gasteiger partial charge < -0.3 is 10.1 Å². The van der Waals surface area contributed by atoms with E-state index in [1.807, 2.05) is 37.3 Å². The number of rotatable bonds is 5. The fraction of sp³-hybridized carbons (Fsp3) is 0.357. The first kappa shape index (κ1) is 25.0. The molecule has 2 aromatic carbocycles. The lowest BCUT2D eigenvalue weighted by molar-refractivity contribution is -0.122. The molecule has 2 atom stereocenters. The minimum Gasteiger partial charge on any atom is -0.473 e. The van der Waals surface area contributed by atoms with Crippen molar-refractivity contribution < 1.29 is 9.53 Å². The van der Waals surface area contributed by atoms with Crippen molar-refractivity contribution in [2.45, 2.75) is 57.1 Å². The van der Waals surface area contributed by atoms with Crippen molar-refractivity contribution in [2.75, 3.05) is 0 Å². The van der Waals surface area contributed by atoms with Crippen molar-refractivity contribution in [1.29, 1.82) is 0 Å². The van der Waals surface area contributed by atoms with E-state index in [9.17, 15) is 4.79 Å². The second kappa shape index (κ2) is 10.2. The van der Waals surface area contributed by atoms with Crippen LogP contribution in [0.25, 0.3) is 22.4 Å². The number of amides is 1. The lowest BCUT2D eigenvalue weighted by Gasteiger charge is -2.39. The second-order valence-corrected chi connectivity index (χ2v) is 11.0. The van der Waals surface area contributed by atoms with Crippen LogP contribution in [0.5, 0.6) is 5.88 Å². The Kier molecular flexibility index (Phi) is 7.53. The molecule has 2 heterocycles. The topological polar surface area (TPSA) is 51.2 Å². The average molecular weight is 589 g/mol. The third-order valence-electron chi connectivity index (χ3n) is 6.29. The first-order valence-corrected chi connectivity index (χ1v) is 13.5. The highest BCUT2D eigenvalue weighted by Gasteiger charge is 2.37. The summed E-state index contributed by atoms with van der Waals surface area (Å²) in [6.45, 7) is 8.36. The number of aromatic nitrogens is 1. The summed E-state index contributed by atoms with van der Waals surface area (Å²) < 4.78 is 7.37. The van der Waals surface area contributed by atoms with E-state index in [2.05, 4.69) is 72.9 Å². The number of ether oxygens (including phenoxy) is 1. The maximum Gasteiger partial charge on any atom is 0.220 e. The molecule has 1 amide bonds. The van der Waals surface area contributed by atoms with Gasteiger partial charge in [-0.1, -0.05) is 98.3 Å². The Morgan fingerprint density at radius 3 is 2.50 bits per heavy atom. The molecule has 4 nitrogen and oxygen atoms in total. The zero-order chi connectivity index (χ0) is 24.5. The monoisotopic (exact) mass is 588 g/mol. The van der Waals surface area contributed by atoms with E-state index in [-0.39, 0.29) is 23.5 Å². The number of pyridine rings is 1. The van der Waals surface area contributed by atoms with E-state index in [4.69, 9.17) is 21.3 Å². The first-order valence-electron chi connectivity index (χ1n) is 11.6. The molecule has 0 radical (unpaired) electrons. The number of alkyl halides is 1. The number of carbonyl (C=O) groups is 1. The fourth-order valence-corrected chi connectivity index (χ4v) is 5.06. The third-order valence-corrected chi connectivity index (χ3v) is 7.36. The van der Waals surface area contributed by atoms with Crippen molar-refractivity contribution in [1.82, 2.24) is 10.3 Å². The Morgan fingerprint density at radius 2 is 1.85 bits per heavy atom. The van der Waals surface area contributed by atoms with Gasteiger partial charge in [-0.3, -0.25) is 4.79 Å². The van der Waals surface area contributed by atoms with Crippen LogP contribution in [0.3, 0.4) is 0 Å². The van der Waals surface area contributed by atoms with Crippen LogP contribution >= 0.6 is 34.2 Å². The molecule has 0 fully saturated rings. The van der Waals surface area contributed by atoms with Gasteiger partial charge in [-0.15, -0.1) is 0 Å². The molecule has 2 unspecified atom stereocenters. The molecule has 178 valence electrons. The molecule has 1 N–H and O–H groups in total. The largest absolute Gasteiger partial charge is 0.473 e. The van der Waals surface area contributed by atoms with E-state index in [1.54, 1.807) is 0 Å². The molecule has 4 rings (SSSR count). The van der Waals surface area contributed by atoms with E-state index < -0.39 is 0 Å². The summed E-state index contributed by atoms with van der Waals surface area (Å²) in [7, 11) is 0. The number of benzene rings is 2. The predicted octanol–water partition coefficient (Wildman–Crippen LogP) is 7.77. The summed E-state index contributed by atoms with van der Waals surface area (Å²) >= 11 is 8.58. The highest BCUT2D eigenvalue weighted by Crippen LogP contribution is 2.44. The van der Waals surface area contributed by atoms with Gasteiger partial charge in [0.05, 0.1) is 11.7 Å². The average Bonchev–Trinajstić information content (AvgIpc) is 2.83. The van der Waals surface area contributed by atoms with E-state index in [1.165, 1.54) is 5.56 Å². The van der Waals surface area contributed by atoms with Gasteiger partial charge in [0.1, 0.15) is 6.10 Å². The molecule has 34 heavy (non-hydrogen) atoms. The Hall–Kier alpha value is -2.12. The number of carbonyl (C=O) groups excluding carboxylic acids is 1. The number of hydrogen-bond donors (Lipinski definition) is 1. The van der Waals surface area contributed by atoms with Crippen molar-refractivity contribution in [2.24, 2.45) is 5.41 Å². The van der Waals surface area contributed by atoms with Crippen LogP contribution < -0.4 is 10.1 Å². The lowest BCUT2D eigenvalue weighted by Crippen LogP contribution is -2.42. The lowest BCUT2D eigenvalue weighted by atomic mass is 9.81.